The van der Waals surface area contributed by atoms with Crippen molar-refractivity contribution in [1.29, 1.82) is 0 Å². The lowest BCUT2D eigenvalue weighted by atomic mass is 9.95. The summed E-state index contributed by atoms with van der Waals surface area (Å²) in [6.07, 6.45) is 4.96. The molecule has 3 heteroatoms. The Balaban J connectivity index is 2.26. The number of pyridine rings is 1. The Morgan fingerprint density at radius 3 is 3.23 bits per heavy atom. The second-order valence-corrected chi connectivity index (χ2v) is 3.47. The minimum Gasteiger partial charge on any atom is -0.326 e. The number of aromatic nitrogens is 1. The van der Waals surface area contributed by atoms with E-state index in [1.54, 1.807) is 0 Å². The van der Waals surface area contributed by atoms with Crippen LogP contribution in [0, 0.1) is 0 Å². The van der Waals surface area contributed by atoms with Crippen LogP contribution in [0.5, 0.6) is 0 Å². The molecule has 70 valence electrons. The molecule has 0 amide bonds. The van der Waals surface area contributed by atoms with Crippen LogP contribution in [0.3, 0.4) is 0 Å². The first-order valence-corrected chi connectivity index (χ1v) is 4.75. The highest BCUT2D eigenvalue weighted by Crippen LogP contribution is 2.24. The van der Waals surface area contributed by atoms with Gasteiger partial charge in [-0.25, -0.2) is 0 Å². The van der Waals surface area contributed by atoms with E-state index in [1.807, 2.05) is 12.4 Å². The van der Waals surface area contributed by atoms with Gasteiger partial charge in [0.1, 0.15) is 0 Å². The van der Waals surface area contributed by atoms with Crippen LogP contribution in [0.1, 0.15) is 23.5 Å². The zero-order valence-electron chi connectivity index (χ0n) is 7.66. The molecule has 0 saturated carbocycles. The Kier molecular flexibility index (Phi) is 2.57. The SMILES string of the molecule is NCc1cnccc1C1CCNC1. The van der Waals surface area contributed by atoms with Gasteiger partial charge in [-0.3, -0.25) is 4.98 Å². The maximum absolute atomic E-state index is 5.66. The normalized spacial score (nSPS) is 22.1. The summed E-state index contributed by atoms with van der Waals surface area (Å²) in [5.74, 6) is 0.640. The molecule has 3 nitrogen and oxygen atoms in total. The van der Waals surface area contributed by atoms with E-state index in [-0.39, 0.29) is 0 Å². The molecule has 0 aromatic carbocycles. The van der Waals surface area contributed by atoms with Crippen molar-refractivity contribution in [1.82, 2.24) is 10.3 Å². The maximum Gasteiger partial charge on any atom is 0.0315 e. The predicted molar refractivity (Wildman–Crippen MR) is 52.4 cm³/mol. The first-order valence-electron chi connectivity index (χ1n) is 4.75. The van der Waals surface area contributed by atoms with E-state index in [4.69, 9.17) is 5.73 Å². The van der Waals surface area contributed by atoms with Gasteiger partial charge in [-0.2, -0.15) is 0 Å². The van der Waals surface area contributed by atoms with E-state index in [0.29, 0.717) is 12.5 Å². The fourth-order valence-corrected chi connectivity index (χ4v) is 1.93. The number of nitrogens with two attached hydrogens (primary N) is 1. The molecule has 0 bridgehead atoms. The Morgan fingerprint density at radius 2 is 2.54 bits per heavy atom. The molecule has 1 unspecified atom stereocenters. The third-order valence-electron chi connectivity index (χ3n) is 2.66. The smallest absolute Gasteiger partial charge is 0.0315 e. The van der Waals surface area contributed by atoms with Crippen molar-refractivity contribution in [3.63, 3.8) is 0 Å². The number of nitrogens with zero attached hydrogens (tertiary/aromatic N) is 1. The van der Waals surface area contributed by atoms with Gasteiger partial charge in [0.25, 0.3) is 0 Å². The fraction of sp³-hybridized carbons (Fsp3) is 0.500. The van der Waals surface area contributed by atoms with Crippen molar-refractivity contribution in [2.75, 3.05) is 13.1 Å². The van der Waals surface area contributed by atoms with Crippen LogP contribution >= 0.6 is 0 Å². The Labute approximate surface area is 78.4 Å². The minimum absolute atomic E-state index is 0.597. The molecule has 1 aromatic rings. The molecule has 1 aliphatic rings. The van der Waals surface area contributed by atoms with E-state index < -0.39 is 0 Å². The van der Waals surface area contributed by atoms with Gasteiger partial charge in [0, 0.05) is 25.5 Å². The molecule has 0 spiro atoms. The predicted octanol–water partition coefficient (Wildman–Crippen LogP) is 0.617. The number of hydrogen-bond donors (Lipinski definition) is 2. The molecule has 1 aromatic heterocycles. The quantitative estimate of drug-likeness (QED) is 0.696. The van der Waals surface area contributed by atoms with Crippen LogP contribution in [0.15, 0.2) is 18.5 Å². The molecular weight excluding hydrogens is 162 g/mol. The van der Waals surface area contributed by atoms with Crippen LogP contribution in [0.2, 0.25) is 0 Å². The van der Waals surface area contributed by atoms with E-state index in [2.05, 4.69) is 16.4 Å². The molecule has 1 atom stereocenters. The fourth-order valence-electron chi connectivity index (χ4n) is 1.93. The van der Waals surface area contributed by atoms with E-state index >= 15 is 0 Å². The molecule has 2 rings (SSSR count). The molecule has 1 aliphatic heterocycles. The second kappa shape index (κ2) is 3.85. The average Bonchev–Trinajstić information content (AvgIpc) is 2.70. The molecule has 0 aliphatic carbocycles. The van der Waals surface area contributed by atoms with Crippen LogP contribution in [-0.4, -0.2) is 18.1 Å². The highest BCUT2D eigenvalue weighted by Gasteiger charge is 2.18. The Morgan fingerprint density at radius 1 is 1.62 bits per heavy atom. The summed E-state index contributed by atoms with van der Waals surface area (Å²) in [5, 5.41) is 3.36. The van der Waals surface area contributed by atoms with Gasteiger partial charge in [0.2, 0.25) is 0 Å². The van der Waals surface area contributed by atoms with E-state index in [1.165, 1.54) is 17.5 Å². The maximum atomic E-state index is 5.66. The first kappa shape index (κ1) is 8.66. The lowest BCUT2D eigenvalue weighted by Gasteiger charge is -2.12. The summed E-state index contributed by atoms with van der Waals surface area (Å²) in [6, 6.07) is 2.10. The summed E-state index contributed by atoms with van der Waals surface area (Å²) in [4.78, 5) is 4.09. The van der Waals surface area contributed by atoms with Crippen molar-refractivity contribution in [2.45, 2.75) is 18.9 Å². The van der Waals surface area contributed by atoms with Gasteiger partial charge < -0.3 is 11.1 Å². The molecule has 1 fully saturated rings. The van der Waals surface area contributed by atoms with Crippen molar-refractivity contribution >= 4 is 0 Å². The summed E-state index contributed by atoms with van der Waals surface area (Å²) < 4.78 is 0. The summed E-state index contributed by atoms with van der Waals surface area (Å²) in [5.41, 5.74) is 8.23. The van der Waals surface area contributed by atoms with Crippen molar-refractivity contribution in [3.8, 4) is 0 Å². The summed E-state index contributed by atoms with van der Waals surface area (Å²) >= 11 is 0. The Hall–Kier alpha value is -0.930. The number of rotatable bonds is 2. The number of hydrogen-bond acceptors (Lipinski definition) is 3. The van der Waals surface area contributed by atoms with Crippen molar-refractivity contribution in [2.24, 2.45) is 5.73 Å². The topological polar surface area (TPSA) is 50.9 Å². The molecular formula is C10H15N3. The van der Waals surface area contributed by atoms with Gasteiger partial charge in [0.05, 0.1) is 0 Å². The monoisotopic (exact) mass is 177 g/mol. The van der Waals surface area contributed by atoms with Gasteiger partial charge in [-0.15, -0.1) is 0 Å². The van der Waals surface area contributed by atoms with Gasteiger partial charge in [0.15, 0.2) is 0 Å². The Bertz CT molecular complexity index is 279. The van der Waals surface area contributed by atoms with Crippen LogP contribution in [-0.2, 0) is 6.54 Å². The first-order chi connectivity index (χ1) is 6.42. The number of nitrogens with one attached hydrogen (secondary N) is 1. The third-order valence-corrected chi connectivity index (χ3v) is 2.66. The molecule has 13 heavy (non-hydrogen) atoms. The largest absolute Gasteiger partial charge is 0.326 e. The van der Waals surface area contributed by atoms with Crippen molar-refractivity contribution < 1.29 is 0 Å². The molecule has 0 radical (unpaired) electrons. The zero-order chi connectivity index (χ0) is 9.10. The van der Waals surface area contributed by atoms with Crippen molar-refractivity contribution in [3.05, 3.63) is 29.6 Å². The lowest BCUT2D eigenvalue weighted by molar-refractivity contribution is 0.747. The van der Waals surface area contributed by atoms with Crippen LogP contribution < -0.4 is 11.1 Å². The minimum atomic E-state index is 0.597. The third kappa shape index (κ3) is 1.71. The molecule has 1 saturated heterocycles. The van der Waals surface area contributed by atoms with E-state index in [9.17, 15) is 0 Å². The molecule has 2 heterocycles. The van der Waals surface area contributed by atoms with Gasteiger partial charge >= 0.3 is 0 Å². The second-order valence-electron chi connectivity index (χ2n) is 3.47. The van der Waals surface area contributed by atoms with Crippen LogP contribution in [0.25, 0.3) is 0 Å². The standard InChI is InChI=1S/C10H15N3/c11-5-9-7-13-4-2-10(9)8-1-3-12-6-8/h2,4,7-8,12H,1,3,5-6,11H2. The average molecular weight is 177 g/mol. The van der Waals surface area contributed by atoms with Gasteiger partial charge in [-0.1, -0.05) is 0 Å². The van der Waals surface area contributed by atoms with Gasteiger partial charge in [-0.05, 0) is 36.1 Å². The summed E-state index contributed by atoms with van der Waals surface area (Å²) in [6.45, 7) is 2.80. The van der Waals surface area contributed by atoms with E-state index in [0.717, 1.165) is 13.1 Å². The van der Waals surface area contributed by atoms with Crippen LogP contribution in [0.4, 0.5) is 0 Å². The molecule has 3 N–H and O–H groups in total. The highest BCUT2D eigenvalue weighted by molar-refractivity contribution is 5.28. The lowest BCUT2D eigenvalue weighted by Crippen LogP contribution is -2.11. The summed E-state index contributed by atoms with van der Waals surface area (Å²) in [7, 11) is 0. The zero-order valence-corrected chi connectivity index (χ0v) is 7.66. The highest BCUT2D eigenvalue weighted by atomic mass is 14.9.